The zero-order valence-electron chi connectivity index (χ0n) is 10.9. The van der Waals surface area contributed by atoms with Crippen molar-refractivity contribution >= 4 is 17.2 Å². The molecule has 2 heterocycles. The summed E-state index contributed by atoms with van der Waals surface area (Å²) in [5, 5.41) is 9.09. The summed E-state index contributed by atoms with van der Waals surface area (Å²) < 4.78 is 5.23. The van der Waals surface area contributed by atoms with Crippen LogP contribution in [0.2, 0.25) is 0 Å². The van der Waals surface area contributed by atoms with Crippen molar-refractivity contribution in [2.75, 3.05) is 13.7 Å². The van der Waals surface area contributed by atoms with Gasteiger partial charge in [0.2, 0.25) is 5.91 Å². The highest BCUT2D eigenvalue weighted by Gasteiger charge is 2.30. The Morgan fingerprint density at radius 3 is 3.06 bits per heavy atom. The van der Waals surface area contributed by atoms with Gasteiger partial charge in [0.1, 0.15) is 5.01 Å². The summed E-state index contributed by atoms with van der Waals surface area (Å²) in [4.78, 5) is 16.4. The van der Waals surface area contributed by atoms with Crippen LogP contribution in [0.1, 0.15) is 30.1 Å². The largest absolute Gasteiger partial charge is 0.380 e. The molecule has 0 spiro atoms. The molecule has 0 bridgehead atoms. The van der Waals surface area contributed by atoms with Crippen LogP contribution in [0.4, 0.5) is 0 Å². The minimum Gasteiger partial charge on any atom is -0.380 e. The molecule has 18 heavy (non-hydrogen) atoms. The number of ether oxygens (including phenoxy) is 1. The summed E-state index contributed by atoms with van der Waals surface area (Å²) in [5.41, 5.74) is 0.995. The van der Waals surface area contributed by atoms with E-state index in [9.17, 15) is 4.79 Å². The number of aryl methyl sites for hydroxylation is 1. The Hall–Kier alpha value is -0.980. The number of thiazole rings is 1. The molecule has 100 valence electrons. The lowest BCUT2D eigenvalue weighted by Gasteiger charge is -2.15. The maximum absolute atomic E-state index is 12.0. The van der Waals surface area contributed by atoms with Crippen molar-refractivity contribution in [3.8, 4) is 0 Å². The minimum absolute atomic E-state index is 0.0231. The van der Waals surface area contributed by atoms with E-state index < -0.39 is 0 Å². The first-order valence-corrected chi connectivity index (χ1v) is 6.96. The van der Waals surface area contributed by atoms with E-state index in [4.69, 9.17) is 4.74 Å². The van der Waals surface area contributed by atoms with Crippen molar-refractivity contribution in [3.05, 3.63) is 16.1 Å². The zero-order valence-corrected chi connectivity index (χ0v) is 11.7. The summed E-state index contributed by atoms with van der Waals surface area (Å²) in [6, 6.07) is -0.196. The van der Waals surface area contributed by atoms with Crippen LogP contribution in [0.3, 0.4) is 0 Å². The van der Waals surface area contributed by atoms with Gasteiger partial charge in [-0.15, -0.1) is 11.3 Å². The number of rotatable bonds is 4. The lowest BCUT2D eigenvalue weighted by Crippen LogP contribution is -2.41. The second-order valence-electron chi connectivity index (χ2n) is 4.61. The molecule has 1 aliphatic rings. The lowest BCUT2D eigenvalue weighted by atomic mass is 10.2. The van der Waals surface area contributed by atoms with Gasteiger partial charge in [0.15, 0.2) is 0 Å². The molecule has 2 N–H and O–H groups in total. The second-order valence-corrected chi connectivity index (χ2v) is 5.50. The normalized spacial score (nSPS) is 25.1. The molecule has 0 aromatic carbocycles. The number of methoxy groups -OCH3 is 1. The summed E-state index contributed by atoms with van der Waals surface area (Å²) in [6.07, 6.45) is 0.865. The smallest absolute Gasteiger partial charge is 0.237 e. The van der Waals surface area contributed by atoms with Crippen molar-refractivity contribution < 1.29 is 9.53 Å². The number of amides is 1. The summed E-state index contributed by atoms with van der Waals surface area (Å²) >= 11 is 1.58. The molecule has 1 aromatic rings. The number of nitrogens with zero attached hydrogens (tertiary/aromatic N) is 1. The minimum atomic E-state index is -0.154. The molecule has 0 saturated carbocycles. The predicted octanol–water partition coefficient (Wildman–Crippen LogP) is 1.01. The van der Waals surface area contributed by atoms with Crippen LogP contribution in [0.25, 0.3) is 0 Å². The van der Waals surface area contributed by atoms with Crippen LogP contribution in [0.15, 0.2) is 5.38 Å². The fourth-order valence-corrected chi connectivity index (χ4v) is 2.83. The van der Waals surface area contributed by atoms with E-state index in [1.54, 1.807) is 18.4 Å². The third kappa shape index (κ3) is 3.07. The first-order chi connectivity index (χ1) is 8.60. The maximum Gasteiger partial charge on any atom is 0.237 e. The van der Waals surface area contributed by atoms with Crippen molar-refractivity contribution in [2.24, 2.45) is 0 Å². The third-order valence-corrected chi connectivity index (χ3v) is 4.25. The lowest BCUT2D eigenvalue weighted by molar-refractivity contribution is -0.123. The zero-order chi connectivity index (χ0) is 13.1. The van der Waals surface area contributed by atoms with Gasteiger partial charge in [0, 0.05) is 24.7 Å². The molecule has 3 unspecified atom stereocenters. The van der Waals surface area contributed by atoms with Crippen LogP contribution >= 0.6 is 11.3 Å². The topological polar surface area (TPSA) is 63.2 Å². The second kappa shape index (κ2) is 5.77. The Morgan fingerprint density at radius 1 is 1.72 bits per heavy atom. The van der Waals surface area contributed by atoms with Crippen molar-refractivity contribution in [1.29, 1.82) is 0 Å². The van der Waals surface area contributed by atoms with Crippen molar-refractivity contribution in [1.82, 2.24) is 15.6 Å². The first-order valence-electron chi connectivity index (χ1n) is 6.08. The van der Waals surface area contributed by atoms with Crippen LogP contribution in [0.5, 0.6) is 0 Å². The van der Waals surface area contributed by atoms with Crippen LogP contribution in [-0.4, -0.2) is 36.7 Å². The number of nitrogens with one attached hydrogen (secondary N) is 2. The van der Waals surface area contributed by atoms with Crippen molar-refractivity contribution in [3.63, 3.8) is 0 Å². The van der Waals surface area contributed by atoms with E-state index in [1.807, 2.05) is 19.2 Å². The Labute approximate surface area is 111 Å². The van der Waals surface area contributed by atoms with E-state index in [-0.39, 0.29) is 24.1 Å². The van der Waals surface area contributed by atoms with Gasteiger partial charge in [-0.1, -0.05) is 0 Å². The van der Waals surface area contributed by atoms with E-state index in [0.29, 0.717) is 0 Å². The highest BCUT2D eigenvalue weighted by Crippen LogP contribution is 2.18. The molecule has 6 heteroatoms. The molecule has 2 rings (SSSR count). The van der Waals surface area contributed by atoms with Gasteiger partial charge < -0.3 is 15.4 Å². The fourth-order valence-electron chi connectivity index (χ4n) is 2.03. The van der Waals surface area contributed by atoms with E-state index in [2.05, 4.69) is 15.6 Å². The van der Waals surface area contributed by atoms with Gasteiger partial charge in [-0.05, 0) is 20.3 Å². The summed E-state index contributed by atoms with van der Waals surface area (Å²) in [7, 11) is 1.67. The molecule has 1 aliphatic heterocycles. The highest BCUT2D eigenvalue weighted by molar-refractivity contribution is 7.09. The number of carbonyl (C=O) groups excluding carboxylic acids is 1. The predicted molar refractivity (Wildman–Crippen MR) is 70.6 cm³/mol. The molecule has 0 aliphatic carbocycles. The molecule has 1 fully saturated rings. The van der Waals surface area contributed by atoms with Gasteiger partial charge >= 0.3 is 0 Å². The molecule has 1 saturated heterocycles. The standard InChI is InChI=1S/C12H19N3O2S/c1-7-6-18-12(14-7)8(2)15-11(16)10-4-9(17-3)5-13-10/h6,8-10,13H,4-5H2,1-3H3,(H,15,16). The Morgan fingerprint density at radius 2 is 2.50 bits per heavy atom. The number of carbonyl (C=O) groups is 1. The molecule has 0 radical (unpaired) electrons. The average Bonchev–Trinajstić information content (AvgIpc) is 2.97. The Kier molecular flexibility index (Phi) is 4.31. The number of aromatic nitrogens is 1. The Bertz CT molecular complexity index is 421. The number of hydrogen-bond acceptors (Lipinski definition) is 5. The Balaban J connectivity index is 1.88. The summed E-state index contributed by atoms with van der Waals surface area (Å²) in [6.45, 7) is 4.65. The maximum atomic E-state index is 12.0. The number of hydrogen-bond donors (Lipinski definition) is 2. The summed E-state index contributed by atoms with van der Waals surface area (Å²) in [5.74, 6) is 0.0231. The molecule has 1 amide bonds. The quantitative estimate of drug-likeness (QED) is 0.856. The molecule has 5 nitrogen and oxygen atoms in total. The van der Waals surface area contributed by atoms with E-state index in [1.165, 1.54) is 0 Å². The monoisotopic (exact) mass is 269 g/mol. The van der Waals surface area contributed by atoms with Crippen molar-refractivity contribution in [2.45, 2.75) is 38.5 Å². The highest BCUT2D eigenvalue weighted by atomic mass is 32.1. The van der Waals surface area contributed by atoms with E-state index >= 15 is 0 Å². The van der Waals surface area contributed by atoms with Crippen LogP contribution in [0, 0.1) is 6.92 Å². The van der Waals surface area contributed by atoms with Crippen LogP contribution < -0.4 is 10.6 Å². The van der Waals surface area contributed by atoms with Gasteiger partial charge in [-0.25, -0.2) is 4.98 Å². The van der Waals surface area contributed by atoms with Gasteiger partial charge in [-0.3, -0.25) is 4.79 Å². The van der Waals surface area contributed by atoms with Gasteiger partial charge in [0.05, 0.1) is 18.2 Å². The molecule has 1 aromatic heterocycles. The van der Waals surface area contributed by atoms with Crippen LogP contribution in [-0.2, 0) is 9.53 Å². The van der Waals surface area contributed by atoms with Gasteiger partial charge in [-0.2, -0.15) is 0 Å². The fraction of sp³-hybridized carbons (Fsp3) is 0.667. The third-order valence-electron chi connectivity index (χ3n) is 3.11. The first kappa shape index (κ1) is 13.5. The SMILES string of the molecule is COC1CNC(C(=O)NC(C)c2nc(C)cs2)C1. The molecule has 3 atom stereocenters. The average molecular weight is 269 g/mol. The molecular formula is C12H19N3O2S. The van der Waals surface area contributed by atoms with E-state index in [0.717, 1.165) is 23.7 Å². The molecular weight excluding hydrogens is 250 g/mol. The van der Waals surface area contributed by atoms with Gasteiger partial charge in [0.25, 0.3) is 0 Å².